The summed E-state index contributed by atoms with van der Waals surface area (Å²) in [5, 5.41) is 0.577. The van der Waals surface area contributed by atoms with Gasteiger partial charge < -0.3 is 19.1 Å². The van der Waals surface area contributed by atoms with Crippen molar-refractivity contribution in [2.24, 2.45) is 0 Å². The predicted octanol–water partition coefficient (Wildman–Crippen LogP) is 4.38. The summed E-state index contributed by atoms with van der Waals surface area (Å²) in [5.74, 6) is 0.221. The van der Waals surface area contributed by atoms with Crippen molar-refractivity contribution >= 4 is 35.0 Å². The largest absolute Gasteiger partial charge is 0.497 e. The van der Waals surface area contributed by atoms with E-state index in [4.69, 9.17) is 25.8 Å². The highest BCUT2D eigenvalue weighted by molar-refractivity contribution is 6.30. The third-order valence-corrected chi connectivity index (χ3v) is 6.49. The lowest BCUT2D eigenvalue weighted by Crippen LogP contribution is -2.46. The second-order valence-electron chi connectivity index (χ2n) is 8.43. The van der Waals surface area contributed by atoms with Crippen LogP contribution in [0.15, 0.2) is 66.7 Å². The Bertz CT molecular complexity index is 1310. The zero-order valence-corrected chi connectivity index (χ0v) is 21.5. The lowest BCUT2D eigenvalue weighted by Gasteiger charge is -2.28. The van der Waals surface area contributed by atoms with Crippen LogP contribution in [0.4, 0.5) is 5.69 Å². The number of halogens is 1. The van der Waals surface area contributed by atoms with Gasteiger partial charge in [-0.2, -0.15) is 0 Å². The molecule has 1 atom stereocenters. The molecule has 9 heteroatoms. The first-order valence-electron chi connectivity index (χ1n) is 11.6. The van der Waals surface area contributed by atoms with Gasteiger partial charge in [0, 0.05) is 17.1 Å². The van der Waals surface area contributed by atoms with Gasteiger partial charge in [0.2, 0.25) is 5.91 Å². The lowest BCUT2D eigenvalue weighted by molar-refractivity contribution is -0.122. The number of carbonyl (C=O) groups excluding carboxylic acids is 3. The summed E-state index contributed by atoms with van der Waals surface area (Å²) in [7, 11) is 4.52. The van der Waals surface area contributed by atoms with E-state index >= 15 is 0 Å². The van der Waals surface area contributed by atoms with Crippen molar-refractivity contribution < 1.29 is 28.6 Å². The van der Waals surface area contributed by atoms with Crippen molar-refractivity contribution in [2.45, 2.75) is 18.9 Å². The Morgan fingerprint density at radius 3 is 2.32 bits per heavy atom. The van der Waals surface area contributed by atoms with Gasteiger partial charge in [0.05, 0.1) is 33.4 Å². The van der Waals surface area contributed by atoms with Gasteiger partial charge >= 0.3 is 0 Å². The number of anilines is 1. The van der Waals surface area contributed by atoms with E-state index in [1.54, 1.807) is 48.5 Å². The number of nitrogens with zero attached hydrogens (tertiary/aromatic N) is 2. The molecule has 0 spiro atoms. The van der Waals surface area contributed by atoms with Gasteiger partial charge in [-0.1, -0.05) is 23.7 Å². The Morgan fingerprint density at radius 1 is 0.946 bits per heavy atom. The Kier molecular flexibility index (Phi) is 7.98. The summed E-state index contributed by atoms with van der Waals surface area (Å²) in [6.45, 7) is 0.202. The molecular formula is C28H27ClN2O6. The predicted molar refractivity (Wildman–Crippen MR) is 140 cm³/mol. The topological polar surface area (TPSA) is 85.4 Å². The second-order valence-corrected chi connectivity index (χ2v) is 8.87. The highest BCUT2D eigenvalue weighted by Crippen LogP contribution is 2.31. The van der Waals surface area contributed by atoms with Crippen molar-refractivity contribution in [3.8, 4) is 17.2 Å². The van der Waals surface area contributed by atoms with Gasteiger partial charge in [-0.25, -0.2) is 4.90 Å². The second kappa shape index (κ2) is 11.3. The van der Waals surface area contributed by atoms with Crippen molar-refractivity contribution in [1.82, 2.24) is 4.90 Å². The molecule has 0 N–H and O–H groups in total. The molecule has 3 aromatic rings. The number of amides is 3. The first-order chi connectivity index (χ1) is 17.9. The average Bonchev–Trinajstić information content (AvgIpc) is 3.21. The minimum absolute atomic E-state index is 0.126. The molecule has 1 saturated heterocycles. The Hall–Kier alpha value is -4.04. The third kappa shape index (κ3) is 5.54. The summed E-state index contributed by atoms with van der Waals surface area (Å²) in [6.07, 6.45) is 0.319. The molecular weight excluding hydrogens is 496 g/mol. The van der Waals surface area contributed by atoms with Gasteiger partial charge in [0.15, 0.2) is 11.5 Å². The molecule has 192 valence electrons. The molecule has 1 aliphatic rings. The smallest absolute Gasteiger partial charge is 0.257 e. The first-order valence-corrected chi connectivity index (χ1v) is 12.0. The van der Waals surface area contributed by atoms with Crippen LogP contribution in [0.2, 0.25) is 5.02 Å². The van der Waals surface area contributed by atoms with Crippen molar-refractivity contribution in [1.29, 1.82) is 0 Å². The SMILES string of the molecule is COc1ccc(N2C(=O)CC(N(CCc3cccc(Cl)c3)C(=O)c3ccc(OC)c(OC)c3)C2=O)cc1. The van der Waals surface area contributed by atoms with Gasteiger partial charge in [-0.05, 0) is 66.6 Å². The lowest BCUT2D eigenvalue weighted by atomic mass is 10.1. The minimum Gasteiger partial charge on any atom is -0.497 e. The van der Waals surface area contributed by atoms with E-state index < -0.39 is 17.9 Å². The van der Waals surface area contributed by atoms with Crippen LogP contribution in [0.25, 0.3) is 0 Å². The summed E-state index contributed by atoms with van der Waals surface area (Å²) in [5.41, 5.74) is 1.64. The quantitative estimate of drug-likeness (QED) is 0.388. The number of benzene rings is 3. The summed E-state index contributed by atoms with van der Waals surface area (Å²) >= 11 is 6.14. The Labute approximate surface area is 220 Å². The number of carbonyl (C=O) groups is 3. The molecule has 8 nitrogen and oxygen atoms in total. The van der Waals surface area contributed by atoms with Crippen molar-refractivity contribution in [3.63, 3.8) is 0 Å². The fourth-order valence-electron chi connectivity index (χ4n) is 4.34. The van der Waals surface area contributed by atoms with E-state index in [0.29, 0.717) is 39.9 Å². The molecule has 0 bridgehead atoms. The molecule has 1 heterocycles. The van der Waals surface area contributed by atoms with E-state index in [1.165, 1.54) is 26.2 Å². The van der Waals surface area contributed by atoms with Crippen LogP contribution in [0, 0.1) is 0 Å². The number of hydrogen-bond donors (Lipinski definition) is 0. The van der Waals surface area contributed by atoms with Crippen molar-refractivity contribution in [2.75, 3.05) is 32.8 Å². The molecule has 1 unspecified atom stereocenters. The van der Waals surface area contributed by atoms with Crippen LogP contribution in [-0.2, 0) is 16.0 Å². The van der Waals surface area contributed by atoms with E-state index in [9.17, 15) is 14.4 Å². The number of imide groups is 1. The first kappa shape index (κ1) is 26.0. The number of methoxy groups -OCH3 is 3. The normalized spacial score (nSPS) is 15.0. The van der Waals surface area contributed by atoms with E-state index in [0.717, 1.165) is 10.5 Å². The Morgan fingerprint density at radius 2 is 1.68 bits per heavy atom. The number of hydrogen-bond acceptors (Lipinski definition) is 6. The third-order valence-electron chi connectivity index (χ3n) is 6.25. The van der Waals surface area contributed by atoms with Gasteiger partial charge in [0.1, 0.15) is 11.8 Å². The number of rotatable bonds is 9. The number of ether oxygens (including phenoxy) is 3. The zero-order valence-electron chi connectivity index (χ0n) is 20.8. The summed E-state index contributed by atoms with van der Waals surface area (Å²) in [4.78, 5) is 42.9. The molecule has 1 aliphatic heterocycles. The molecule has 0 saturated carbocycles. The monoisotopic (exact) mass is 522 g/mol. The van der Waals surface area contributed by atoms with E-state index in [-0.39, 0.29) is 18.9 Å². The Balaban J connectivity index is 1.66. The molecule has 3 amide bonds. The fourth-order valence-corrected chi connectivity index (χ4v) is 4.55. The van der Waals surface area contributed by atoms with Gasteiger partial charge in [-0.15, -0.1) is 0 Å². The maximum Gasteiger partial charge on any atom is 0.257 e. The molecule has 4 rings (SSSR count). The van der Waals surface area contributed by atoms with Crippen molar-refractivity contribution in [3.05, 3.63) is 82.9 Å². The molecule has 0 aliphatic carbocycles. The van der Waals surface area contributed by atoms with E-state index in [1.807, 2.05) is 18.2 Å². The molecule has 37 heavy (non-hydrogen) atoms. The van der Waals surface area contributed by atoms with Gasteiger partial charge in [0.25, 0.3) is 11.8 Å². The van der Waals surface area contributed by atoms with Gasteiger partial charge in [-0.3, -0.25) is 14.4 Å². The highest BCUT2D eigenvalue weighted by atomic mass is 35.5. The standard InChI is InChI=1S/C28H27ClN2O6/c1-35-22-10-8-21(9-11-22)31-26(32)17-23(28(31)34)30(14-13-18-5-4-6-20(29)15-18)27(33)19-7-12-24(36-2)25(16-19)37-3/h4-12,15-16,23H,13-14,17H2,1-3H3. The molecule has 0 aromatic heterocycles. The molecule has 0 radical (unpaired) electrons. The fraction of sp³-hybridized carbons (Fsp3) is 0.250. The zero-order chi connectivity index (χ0) is 26.5. The van der Waals surface area contributed by atoms with Crippen LogP contribution in [0.3, 0.4) is 0 Å². The van der Waals surface area contributed by atoms with Crippen LogP contribution in [0.1, 0.15) is 22.3 Å². The molecule has 1 fully saturated rings. The summed E-state index contributed by atoms with van der Waals surface area (Å²) in [6, 6.07) is 17.8. The average molecular weight is 523 g/mol. The summed E-state index contributed by atoms with van der Waals surface area (Å²) < 4.78 is 15.8. The maximum atomic E-state index is 13.8. The maximum absolute atomic E-state index is 13.8. The minimum atomic E-state index is -0.964. The van der Waals surface area contributed by atoms with Crippen LogP contribution in [0.5, 0.6) is 17.2 Å². The van der Waals surface area contributed by atoms with Crippen LogP contribution in [-0.4, -0.2) is 56.5 Å². The highest BCUT2D eigenvalue weighted by Gasteiger charge is 2.44. The van der Waals surface area contributed by atoms with Crippen LogP contribution >= 0.6 is 11.6 Å². The van der Waals surface area contributed by atoms with E-state index in [2.05, 4.69) is 0 Å². The van der Waals surface area contributed by atoms with Crippen LogP contribution < -0.4 is 19.1 Å². The molecule has 3 aromatic carbocycles.